The quantitative estimate of drug-likeness (QED) is 0.587. The molecule has 1 aliphatic rings. The van der Waals surface area contributed by atoms with Crippen LogP contribution in [0.4, 0.5) is 10.8 Å². The number of para-hydroxylation sites is 1. The third kappa shape index (κ3) is 4.47. The molecule has 0 spiro atoms. The third-order valence-electron chi connectivity index (χ3n) is 4.24. The van der Waals surface area contributed by atoms with Crippen LogP contribution in [0.2, 0.25) is 0 Å². The standard InChI is InChI=1S/C21H18N4O4S/c1-2-19-24-25-21(30-19)23-20(27)14-5-3-4-6-15(14)22-18(26)10-8-13-7-9-16-17(11-13)29-12-28-16/h3-11H,2,12H2,1H3,(H,22,26)(H,23,25,27). The number of fused-ring (bicyclic) bond motifs is 1. The summed E-state index contributed by atoms with van der Waals surface area (Å²) in [5, 5.41) is 14.6. The largest absolute Gasteiger partial charge is 0.454 e. The molecule has 2 N–H and O–H groups in total. The summed E-state index contributed by atoms with van der Waals surface area (Å²) >= 11 is 1.32. The van der Waals surface area contributed by atoms with Gasteiger partial charge in [-0.1, -0.05) is 36.5 Å². The second-order valence-electron chi connectivity index (χ2n) is 6.29. The number of carbonyl (C=O) groups is 2. The Morgan fingerprint density at radius 3 is 2.77 bits per heavy atom. The van der Waals surface area contributed by atoms with Gasteiger partial charge in [0, 0.05) is 6.08 Å². The first-order chi connectivity index (χ1) is 14.6. The van der Waals surface area contributed by atoms with Gasteiger partial charge in [0.1, 0.15) is 5.01 Å². The zero-order chi connectivity index (χ0) is 20.9. The second-order valence-corrected chi connectivity index (χ2v) is 7.35. The Kier molecular flexibility index (Phi) is 5.71. The van der Waals surface area contributed by atoms with E-state index in [9.17, 15) is 9.59 Å². The van der Waals surface area contributed by atoms with Crippen molar-refractivity contribution >= 4 is 40.0 Å². The van der Waals surface area contributed by atoms with E-state index in [1.54, 1.807) is 42.5 Å². The van der Waals surface area contributed by atoms with Gasteiger partial charge in [-0.15, -0.1) is 10.2 Å². The van der Waals surface area contributed by atoms with Gasteiger partial charge >= 0.3 is 0 Å². The summed E-state index contributed by atoms with van der Waals surface area (Å²) in [5.41, 5.74) is 1.52. The average Bonchev–Trinajstić information content (AvgIpc) is 3.41. The monoisotopic (exact) mass is 422 g/mol. The van der Waals surface area contributed by atoms with E-state index in [0.29, 0.717) is 27.9 Å². The van der Waals surface area contributed by atoms with E-state index in [0.717, 1.165) is 17.0 Å². The highest BCUT2D eigenvalue weighted by Crippen LogP contribution is 2.32. The van der Waals surface area contributed by atoms with Crippen molar-refractivity contribution in [2.45, 2.75) is 13.3 Å². The minimum atomic E-state index is -0.371. The van der Waals surface area contributed by atoms with Crippen molar-refractivity contribution in [1.29, 1.82) is 0 Å². The maximum Gasteiger partial charge on any atom is 0.259 e. The van der Waals surface area contributed by atoms with Crippen molar-refractivity contribution in [1.82, 2.24) is 10.2 Å². The summed E-state index contributed by atoms with van der Waals surface area (Å²) in [6.07, 6.45) is 3.80. The van der Waals surface area contributed by atoms with Crippen molar-refractivity contribution in [2.75, 3.05) is 17.4 Å². The van der Waals surface area contributed by atoms with Crippen LogP contribution < -0.4 is 20.1 Å². The molecule has 0 bridgehead atoms. The number of aryl methyl sites for hydroxylation is 1. The van der Waals surface area contributed by atoms with E-state index in [-0.39, 0.29) is 18.6 Å². The van der Waals surface area contributed by atoms with E-state index < -0.39 is 0 Å². The highest BCUT2D eigenvalue weighted by Gasteiger charge is 2.15. The molecule has 0 radical (unpaired) electrons. The molecule has 0 atom stereocenters. The molecule has 8 nitrogen and oxygen atoms in total. The lowest BCUT2D eigenvalue weighted by Gasteiger charge is -2.09. The van der Waals surface area contributed by atoms with Crippen LogP contribution in [-0.2, 0) is 11.2 Å². The fraction of sp³-hybridized carbons (Fsp3) is 0.143. The molecule has 0 saturated heterocycles. The van der Waals surface area contributed by atoms with Gasteiger partial charge < -0.3 is 14.8 Å². The van der Waals surface area contributed by atoms with Crippen molar-refractivity contribution in [3.8, 4) is 11.5 Å². The minimum Gasteiger partial charge on any atom is -0.454 e. The highest BCUT2D eigenvalue weighted by atomic mass is 32.1. The number of amides is 2. The number of carbonyl (C=O) groups excluding carboxylic acids is 2. The predicted octanol–water partition coefficient (Wildman–Crippen LogP) is 3.73. The van der Waals surface area contributed by atoms with Crippen LogP contribution >= 0.6 is 11.3 Å². The molecule has 0 unspecified atom stereocenters. The Balaban J connectivity index is 1.44. The average molecular weight is 422 g/mol. The van der Waals surface area contributed by atoms with Gasteiger partial charge in [-0.2, -0.15) is 0 Å². The van der Waals surface area contributed by atoms with E-state index >= 15 is 0 Å². The lowest BCUT2D eigenvalue weighted by atomic mass is 10.1. The van der Waals surface area contributed by atoms with Crippen molar-refractivity contribution < 1.29 is 19.1 Å². The van der Waals surface area contributed by atoms with Gasteiger partial charge in [0.2, 0.25) is 17.8 Å². The molecule has 152 valence electrons. The Labute approximate surface area is 176 Å². The Hall–Kier alpha value is -3.72. The highest BCUT2D eigenvalue weighted by molar-refractivity contribution is 7.15. The van der Waals surface area contributed by atoms with E-state index in [1.807, 2.05) is 13.0 Å². The van der Waals surface area contributed by atoms with E-state index in [4.69, 9.17) is 9.47 Å². The smallest absolute Gasteiger partial charge is 0.259 e. The molecule has 3 aromatic rings. The molecule has 1 aromatic heterocycles. The zero-order valence-corrected chi connectivity index (χ0v) is 16.9. The van der Waals surface area contributed by atoms with Crippen LogP contribution in [0.15, 0.2) is 48.5 Å². The van der Waals surface area contributed by atoms with Crippen molar-refractivity contribution in [3.05, 3.63) is 64.7 Å². The Morgan fingerprint density at radius 2 is 1.93 bits per heavy atom. The summed E-state index contributed by atoms with van der Waals surface area (Å²) in [7, 11) is 0. The normalized spacial score (nSPS) is 12.2. The van der Waals surface area contributed by atoms with E-state index in [1.165, 1.54) is 17.4 Å². The summed E-state index contributed by atoms with van der Waals surface area (Å²) in [5.74, 6) is 0.585. The van der Waals surface area contributed by atoms with Crippen molar-refractivity contribution in [2.24, 2.45) is 0 Å². The first-order valence-corrected chi connectivity index (χ1v) is 10.1. The van der Waals surface area contributed by atoms with Gasteiger partial charge in [0.15, 0.2) is 11.5 Å². The van der Waals surface area contributed by atoms with Crippen LogP contribution in [0, 0.1) is 0 Å². The van der Waals surface area contributed by atoms with Crippen LogP contribution in [0.5, 0.6) is 11.5 Å². The van der Waals surface area contributed by atoms with Crippen LogP contribution in [0.25, 0.3) is 6.08 Å². The lowest BCUT2D eigenvalue weighted by Crippen LogP contribution is -2.16. The third-order valence-corrected chi connectivity index (χ3v) is 5.23. The summed E-state index contributed by atoms with van der Waals surface area (Å²) in [4.78, 5) is 25.0. The zero-order valence-electron chi connectivity index (χ0n) is 16.0. The minimum absolute atomic E-state index is 0.193. The maximum atomic E-state index is 12.6. The molecule has 30 heavy (non-hydrogen) atoms. The maximum absolute atomic E-state index is 12.6. The predicted molar refractivity (Wildman–Crippen MR) is 114 cm³/mol. The molecule has 9 heteroatoms. The van der Waals surface area contributed by atoms with Gasteiger partial charge in [0.25, 0.3) is 5.91 Å². The molecule has 2 aromatic carbocycles. The number of benzene rings is 2. The Morgan fingerprint density at radius 1 is 1.10 bits per heavy atom. The molecule has 0 aliphatic carbocycles. The summed E-state index contributed by atoms with van der Waals surface area (Å²) in [6.45, 7) is 2.16. The number of nitrogens with one attached hydrogen (secondary N) is 2. The van der Waals surface area contributed by atoms with Gasteiger partial charge in [-0.3, -0.25) is 14.9 Å². The summed E-state index contributed by atoms with van der Waals surface area (Å²) < 4.78 is 10.6. The fourth-order valence-electron chi connectivity index (χ4n) is 2.76. The number of hydrogen-bond acceptors (Lipinski definition) is 7. The number of nitrogens with zero attached hydrogens (tertiary/aromatic N) is 2. The molecule has 0 saturated carbocycles. The van der Waals surface area contributed by atoms with Crippen molar-refractivity contribution in [3.63, 3.8) is 0 Å². The number of anilines is 2. The molecule has 2 heterocycles. The van der Waals surface area contributed by atoms with Crippen LogP contribution in [-0.4, -0.2) is 28.8 Å². The van der Waals surface area contributed by atoms with Gasteiger partial charge in [0.05, 0.1) is 11.3 Å². The second kappa shape index (κ2) is 8.75. The van der Waals surface area contributed by atoms with Crippen LogP contribution in [0.1, 0.15) is 27.9 Å². The van der Waals surface area contributed by atoms with E-state index in [2.05, 4.69) is 20.8 Å². The fourth-order valence-corrected chi connectivity index (χ4v) is 3.44. The number of aromatic nitrogens is 2. The summed E-state index contributed by atoms with van der Waals surface area (Å²) in [6, 6.07) is 12.2. The molecule has 0 fully saturated rings. The number of rotatable bonds is 6. The molecular weight excluding hydrogens is 404 g/mol. The van der Waals surface area contributed by atoms with Gasteiger partial charge in [-0.25, -0.2) is 0 Å². The number of ether oxygens (including phenoxy) is 2. The van der Waals surface area contributed by atoms with Crippen LogP contribution in [0.3, 0.4) is 0 Å². The lowest BCUT2D eigenvalue weighted by molar-refractivity contribution is -0.111. The Bertz CT molecular complexity index is 1130. The topological polar surface area (TPSA) is 102 Å². The molecule has 1 aliphatic heterocycles. The molecule has 2 amide bonds. The molecular formula is C21H18N4O4S. The van der Waals surface area contributed by atoms with Gasteiger partial charge in [-0.05, 0) is 42.3 Å². The molecule has 4 rings (SSSR count). The first kappa shape index (κ1) is 19.6. The number of hydrogen-bond donors (Lipinski definition) is 2. The first-order valence-electron chi connectivity index (χ1n) is 9.24. The SMILES string of the molecule is CCc1nnc(NC(=O)c2ccccc2NC(=O)C=Cc2ccc3c(c2)OCO3)s1.